The van der Waals surface area contributed by atoms with Crippen LogP contribution >= 0.6 is 0 Å². The van der Waals surface area contributed by atoms with Gasteiger partial charge in [0.1, 0.15) is 24.2 Å². The highest BCUT2D eigenvalue weighted by Gasteiger charge is 2.78. The Balaban J connectivity index is 1.11. The van der Waals surface area contributed by atoms with Gasteiger partial charge in [0.25, 0.3) is 0 Å². The standard InChI is InChI=1S/C66H113N3O24/c1-40-46(36-66(81)58(91-59(78)44-21-15-12-16-22-44)56-64(9,57(77)54(76)52(40)63(66,7)8)47(72)35-48-65(56,39-88-48)92-42(3)71)89-60(79)55(53(43-19-13-11-14-20-43)69-61(80)93-62(4,5)6)90-51(75)38-87-34-32-85-31-33-86-37-50(74)68-45(41(2)70)23-17-18-25-67-49(73)24-26-83-29-30-84-28-27-82-10/h11-16,19-22,40-42,45-61,67-81H,17-18,23-39H2,1-10H3/t40?,41-,42-,45?,46-,47-,48+,49-,50+,51+,52-,53-,54+,55+,56-,57+,58-,59+,60-,61+,64+,65-,66+/m1/s1. The molecule has 0 radical (unpaired) electrons. The summed E-state index contributed by atoms with van der Waals surface area (Å²) < 4.78 is 70.9. The van der Waals surface area contributed by atoms with Gasteiger partial charge >= 0.3 is 0 Å². The molecule has 27 heteroatoms. The largest absolute Gasteiger partial charge is 0.392 e. The van der Waals surface area contributed by atoms with Gasteiger partial charge in [-0.3, -0.25) is 16.0 Å². The predicted molar refractivity (Wildman–Crippen MR) is 336 cm³/mol. The third-order valence-corrected chi connectivity index (χ3v) is 19.0. The second-order valence-electron chi connectivity index (χ2n) is 27.1. The maximum Gasteiger partial charge on any atom is 0.214 e. The van der Waals surface area contributed by atoms with Crippen molar-refractivity contribution in [2.75, 3.05) is 92.9 Å². The first-order chi connectivity index (χ1) is 44.0. The van der Waals surface area contributed by atoms with Gasteiger partial charge in [0.05, 0.1) is 139 Å². The number of aliphatic hydroxyl groups is 12. The van der Waals surface area contributed by atoms with Gasteiger partial charge in [0, 0.05) is 60.6 Å². The number of unbranched alkanes of at least 4 members (excludes halogenated alkanes) is 1. The van der Waals surface area contributed by atoms with Crippen LogP contribution in [0.25, 0.3) is 0 Å². The summed E-state index contributed by atoms with van der Waals surface area (Å²) in [7, 11) is 1.61. The Morgan fingerprint density at radius 1 is 0.699 bits per heavy atom. The van der Waals surface area contributed by atoms with E-state index < -0.39 is 157 Å². The molecule has 2 unspecified atom stereocenters. The molecule has 6 rings (SSSR count). The molecular formula is C66H113N3O24. The fraction of sp³-hybridized carbons (Fsp3) is 0.818. The van der Waals surface area contributed by atoms with Gasteiger partial charge in [-0.1, -0.05) is 94.8 Å². The van der Waals surface area contributed by atoms with Crippen LogP contribution in [0.2, 0.25) is 0 Å². The number of benzene rings is 2. The molecule has 4 fully saturated rings. The van der Waals surface area contributed by atoms with E-state index in [1.807, 2.05) is 0 Å². The van der Waals surface area contributed by atoms with Crippen LogP contribution in [0.15, 0.2) is 60.7 Å². The molecule has 93 heavy (non-hydrogen) atoms. The van der Waals surface area contributed by atoms with E-state index >= 15 is 0 Å². The van der Waals surface area contributed by atoms with E-state index in [-0.39, 0.29) is 52.5 Å². The SMILES string of the molecule is COCCOCCOCC[C@@H](O)NCCCCC(N[C@@H](O)COCCOCCOC[C@@H](O)O[C@H]([C@H](O)O[C@@H]1C[C@]2(O)[C@H](O[C@H](O)c3ccccc3)[C@H]3[C@@]4(O[C@H](C)O)CO[C@H]4C[C@@H](O)[C@]3(C)[C@@H](O)[C@@H](O)[C@@H](C1C)C2(C)C)[C@H](N[C@@H](O)OC(C)(C)C)c1ccccc1)[C@@H](C)O. The summed E-state index contributed by atoms with van der Waals surface area (Å²) in [6.45, 7) is 17.3. The quantitative estimate of drug-likeness (QED) is 0.0322. The molecule has 3 aliphatic carbocycles. The molecule has 2 aromatic rings. The number of nitrogens with one attached hydrogen (secondary N) is 3. The highest BCUT2D eigenvalue weighted by molar-refractivity contribution is 5.27. The van der Waals surface area contributed by atoms with E-state index in [1.165, 1.54) is 6.92 Å². The summed E-state index contributed by atoms with van der Waals surface area (Å²) in [6, 6.07) is 15.4. The van der Waals surface area contributed by atoms with Gasteiger partial charge in [-0.2, -0.15) is 0 Å². The third kappa shape index (κ3) is 21.2. The fourth-order valence-corrected chi connectivity index (χ4v) is 14.1. The fourth-order valence-electron chi connectivity index (χ4n) is 14.1. The maximum absolute atomic E-state index is 14.0. The van der Waals surface area contributed by atoms with Crippen LogP contribution in [0.3, 0.4) is 0 Å². The highest BCUT2D eigenvalue weighted by atomic mass is 16.7. The molecule has 23 atom stereocenters. The van der Waals surface area contributed by atoms with Crippen molar-refractivity contribution >= 4 is 0 Å². The topological polar surface area (TPSA) is 390 Å². The Morgan fingerprint density at radius 3 is 1.87 bits per heavy atom. The van der Waals surface area contributed by atoms with Crippen molar-refractivity contribution in [3.63, 3.8) is 0 Å². The number of fused-ring (bicyclic) bond motifs is 5. The summed E-state index contributed by atoms with van der Waals surface area (Å²) in [5.41, 5.74) is -7.12. The minimum Gasteiger partial charge on any atom is -0.392 e. The molecule has 27 nitrogen and oxygen atoms in total. The summed E-state index contributed by atoms with van der Waals surface area (Å²) in [6.07, 6.45) is -19.5. The van der Waals surface area contributed by atoms with E-state index in [9.17, 15) is 61.3 Å². The second kappa shape index (κ2) is 37.0. The van der Waals surface area contributed by atoms with E-state index in [0.717, 1.165) is 6.42 Å². The minimum atomic E-state index is -2.22. The summed E-state index contributed by atoms with van der Waals surface area (Å²) in [5, 5.41) is 151. The molecular weight excluding hydrogens is 1220 g/mol. The van der Waals surface area contributed by atoms with E-state index in [0.29, 0.717) is 70.0 Å². The zero-order chi connectivity index (χ0) is 68.3. The van der Waals surface area contributed by atoms with Crippen molar-refractivity contribution in [3.8, 4) is 0 Å². The Hall–Kier alpha value is -2.64. The van der Waals surface area contributed by atoms with E-state index in [4.69, 9.17) is 56.8 Å². The maximum atomic E-state index is 14.0. The molecule has 15 N–H and O–H groups in total. The first-order valence-electron chi connectivity index (χ1n) is 32.9. The lowest BCUT2D eigenvalue weighted by molar-refractivity contribution is -0.417. The normalized spacial score (nSPS) is 31.4. The van der Waals surface area contributed by atoms with Crippen LogP contribution < -0.4 is 16.0 Å². The number of hydrogen-bond donors (Lipinski definition) is 15. The first-order valence-corrected chi connectivity index (χ1v) is 32.9. The van der Waals surface area contributed by atoms with Gasteiger partial charge in [-0.05, 0) is 65.5 Å². The lowest BCUT2D eigenvalue weighted by atomic mass is 9.42. The van der Waals surface area contributed by atoms with Crippen LogP contribution in [0.5, 0.6) is 0 Å². The van der Waals surface area contributed by atoms with Crippen molar-refractivity contribution in [2.24, 2.45) is 28.6 Å². The molecule has 0 aromatic heterocycles. The molecule has 3 saturated carbocycles. The van der Waals surface area contributed by atoms with Crippen LogP contribution in [0.4, 0.5) is 0 Å². The van der Waals surface area contributed by atoms with E-state index in [1.54, 1.807) is 123 Å². The average molecular weight is 1330 g/mol. The number of aliphatic hydroxyl groups excluding tert-OH is 11. The summed E-state index contributed by atoms with van der Waals surface area (Å²) >= 11 is 0. The third-order valence-electron chi connectivity index (χ3n) is 19.0. The number of ether oxygens (including phenoxy) is 12. The number of hydrogen-bond acceptors (Lipinski definition) is 27. The summed E-state index contributed by atoms with van der Waals surface area (Å²) in [4.78, 5) is 0. The first kappa shape index (κ1) is 79.3. The Kier molecular flexibility index (Phi) is 31.5. The van der Waals surface area contributed by atoms with Gasteiger partial charge in [-0.15, -0.1) is 0 Å². The smallest absolute Gasteiger partial charge is 0.214 e. The monoisotopic (exact) mass is 1330 g/mol. The zero-order valence-electron chi connectivity index (χ0n) is 56.0. The number of rotatable bonds is 43. The van der Waals surface area contributed by atoms with Gasteiger partial charge < -0.3 is 118 Å². The number of methoxy groups -OCH3 is 1. The van der Waals surface area contributed by atoms with Crippen molar-refractivity contribution in [3.05, 3.63) is 71.8 Å². The second-order valence-corrected chi connectivity index (χ2v) is 27.1. The van der Waals surface area contributed by atoms with Crippen molar-refractivity contribution in [1.82, 2.24) is 16.0 Å². The Bertz CT molecular complexity index is 2390. The molecule has 1 aliphatic heterocycles. The van der Waals surface area contributed by atoms with Crippen molar-refractivity contribution < 1.29 is 118 Å². The molecule has 2 aromatic carbocycles. The van der Waals surface area contributed by atoms with Crippen LogP contribution in [-0.4, -0.2) is 264 Å². The van der Waals surface area contributed by atoms with E-state index in [2.05, 4.69) is 16.0 Å². The molecule has 536 valence electrons. The molecule has 0 spiro atoms. The van der Waals surface area contributed by atoms with Gasteiger partial charge in [0.2, 0.25) is 6.41 Å². The lowest BCUT2D eigenvalue weighted by Gasteiger charge is -2.71. The highest BCUT2D eigenvalue weighted by Crippen LogP contribution is 2.66. The Morgan fingerprint density at radius 2 is 1.29 bits per heavy atom. The van der Waals surface area contributed by atoms with Crippen LogP contribution in [0, 0.1) is 28.6 Å². The molecule has 1 heterocycles. The Labute approximate surface area is 548 Å². The van der Waals surface area contributed by atoms with Crippen molar-refractivity contribution in [1.29, 1.82) is 0 Å². The molecule has 1 saturated heterocycles. The van der Waals surface area contributed by atoms with Gasteiger partial charge in [0.15, 0.2) is 25.2 Å². The molecule has 4 aliphatic rings. The average Bonchev–Trinajstić information content (AvgIpc) is 0.672. The van der Waals surface area contributed by atoms with Crippen LogP contribution in [-0.2, 0) is 56.8 Å². The summed E-state index contributed by atoms with van der Waals surface area (Å²) in [5.74, 6) is -3.26. The minimum absolute atomic E-state index is 0.0309. The van der Waals surface area contributed by atoms with Crippen molar-refractivity contribution in [2.45, 2.75) is 223 Å². The molecule has 0 amide bonds. The molecule has 2 bridgehead atoms. The van der Waals surface area contributed by atoms with Crippen LogP contribution in [0.1, 0.15) is 124 Å². The van der Waals surface area contributed by atoms with Gasteiger partial charge in [-0.25, -0.2) is 0 Å². The predicted octanol–water partition coefficient (Wildman–Crippen LogP) is 0.775. The zero-order valence-corrected chi connectivity index (χ0v) is 56.0. The lowest BCUT2D eigenvalue weighted by Crippen LogP contribution is -2.83.